The number of aliphatic imine (C=N–C) groups is 1. The number of nitrogens with zero attached hydrogens (tertiary/aromatic N) is 2. The number of guanidine groups is 1. The summed E-state index contributed by atoms with van der Waals surface area (Å²) < 4.78 is 10.3. The third kappa shape index (κ3) is 9.44. The van der Waals surface area contributed by atoms with Crippen molar-refractivity contribution in [3.05, 3.63) is 0 Å². The van der Waals surface area contributed by atoms with E-state index in [1.807, 2.05) is 27.7 Å². The van der Waals surface area contributed by atoms with Crippen LogP contribution in [-0.2, 0) is 14.3 Å². The topological polar surface area (TPSA) is 92.3 Å². The highest BCUT2D eigenvalue weighted by molar-refractivity contribution is 14.0. The maximum absolute atomic E-state index is 11.9. The molecular formula is C17H33IN4O4. The second-order valence-corrected chi connectivity index (χ2v) is 6.94. The van der Waals surface area contributed by atoms with Crippen LogP contribution in [0.2, 0.25) is 0 Å². The van der Waals surface area contributed by atoms with Crippen LogP contribution in [0.15, 0.2) is 4.99 Å². The number of amides is 1. The predicted octanol–water partition coefficient (Wildman–Crippen LogP) is 1.98. The largest absolute Gasteiger partial charge is 0.466 e. The fourth-order valence-electron chi connectivity index (χ4n) is 2.61. The summed E-state index contributed by atoms with van der Waals surface area (Å²) in [6.07, 6.45) is 1.32. The molecule has 0 aromatic rings. The van der Waals surface area contributed by atoms with Gasteiger partial charge in [-0.1, -0.05) is 0 Å². The van der Waals surface area contributed by atoms with Crippen LogP contribution in [0.3, 0.4) is 0 Å². The number of likely N-dealkylation sites (tertiary alicyclic amines) is 1. The molecule has 1 aliphatic heterocycles. The lowest BCUT2D eigenvalue weighted by Gasteiger charge is -2.34. The van der Waals surface area contributed by atoms with Gasteiger partial charge >= 0.3 is 12.1 Å². The third-order valence-electron chi connectivity index (χ3n) is 3.63. The number of nitrogens with one attached hydrogen (secondary N) is 2. The van der Waals surface area contributed by atoms with Crippen molar-refractivity contribution in [2.24, 2.45) is 10.9 Å². The number of carbonyl (C=O) groups excluding carboxylic acids is 2. The molecule has 1 saturated heterocycles. The minimum atomic E-state index is -0.510. The van der Waals surface area contributed by atoms with E-state index in [9.17, 15) is 9.59 Å². The van der Waals surface area contributed by atoms with Crippen molar-refractivity contribution in [3.8, 4) is 0 Å². The number of esters is 1. The van der Waals surface area contributed by atoms with E-state index in [2.05, 4.69) is 20.5 Å². The predicted molar refractivity (Wildman–Crippen MR) is 112 cm³/mol. The summed E-state index contributed by atoms with van der Waals surface area (Å²) in [5.74, 6) is 0.460. The van der Waals surface area contributed by atoms with Crippen LogP contribution >= 0.6 is 24.0 Å². The first-order valence-electron chi connectivity index (χ1n) is 8.86. The van der Waals surface area contributed by atoms with Gasteiger partial charge in [-0.05, 0) is 40.5 Å². The van der Waals surface area contributed by atoms with Crippen molar-refractivity contribution in [2.75, 3.05) is 39.8 Å². The molecule has 1 heterocycles. The zero-order chi connectivity index (χ0) is 18.9. The Morgan fingerprint density at radius 1 is 1.23 bits per heavy atom. The highest BCUT2D eigenvalue weighted by atomic mass is 127. The smallest absolute Gasteiger partial charge is 0.407 e. The van der Waals surface area contributed by atoms with Crippen molar-refractivity contribution in [1.82, 2.24) is 15.5 Å². The summed E-state index contributed by atoms with van der Waals surface area (Å²) in [7, 11) is 1.71. The second kappa shape index (κ2) is 12.2. The van der Waals surface area contributed by atoms with Crippen molar-refractivity contribution in [2.45, 2.75) is 46.1 Å². The Labute approximate surface area is 173 Å². The Kier molecular flexibility index (Phi) is 11.6. The van der Waals surface area contributed by atoms with Crippen molar-refractivity contribution >= 4 is 42.0 Å². The molecule has 152 valence electrons. The number of hydrogen-bond acceptors (Lipinski definition) is 5. The first-order valence-corrected chi connectivity index (χ1v) is 8.86. The molecule has 0 aromatic carbocycles. The summed E-state index contributed by atoms with van der Waals surface area (Å²) in [6, 6.07) is 0. The number of rotatable bonds is 5. The molecule has 0 bridgehead atoms. The van der Waals surface area contributed by atoms with Gasteiger partial charge in [0.05, 0.1) is 12.5 Å². The SMILES string of the molecule is CCOC(=O)C1CCCN(C(=NC)NCCNC(=O)OC(C)(C)C)C1.I. The molecule has 0 radical (unpaired) electrons. The molecule has 26 heavy (non-hydrogen) atoms. The molecule has 1 aliphatic rings. The minimum absolute atomic E-state index is 0. The fourth-order valence-corrected chi connectivity index (χ4v) is 2.61. The van der Waals surface area contributed by atoms with Gasteiger partial charge in [-0.2, -0.15) is 0 Å². The van der Waals surface area contributed by atoms with E-state index in [-0.39, 0.29) is 35.9 Å². The lowest BCUT2D eigenvalue weighted by atomic mass is 9.98. The lowest BCUT2D eigenvalue weighted by Crippen LogP contribution is -2.49. The Bertz CT molecular complexity index is 480. The van der Waals surface area contributed by atoms with Gasteiger partial charge in [-0.15, -0.1) is 24.0 Å². The van der Waals surface area contributed by atoms with Crippen LogP contribution in [0.25, 0.3) is 0 Å². The van der Waals surface area contributed by atoms with Crippen LogP contribution < -0.4 is 10.6 Å². The number of hydrogen-bond donors (Lipinski definition) is 2. The standard InChI is InChI=1S/C17H32N4O4.HI/c1-6-24-14(22)13-8-7-11-21(12-13)15(18-5)19-9-10-20-16(23)25-17(2,3)4;/h13H,6-12H2,1-5H3,(H,18,19)(H,20,23);1H. The Balaban J connectivity index is 0.00000625. The van der Waals surface area contributed by atoms with Crippen molar-refractivity contribution < 1.29 is 19.1 Å². The lowest BCUT2D eigenvalue weighted by molar-refractivity contribution is -0.149. The van der Waals surface area contributed by atoms with Gasteiger partial charge in [0, 0.05) is 33.2 Å². The summed E-state index contributed by atoms with van der Waals surface area (Å²) in [6.45, 7) is 10.1. The molecule has 1 atom stereocenters. The third-order valence-corrected chi connectivity index (χ3v) is 3.63. The number of alkyl carbamates (subject to hydrolysis) is 1. The van der Waals surface area contributed by atoms with E-state index in [0.717, 1.165) is 25.3 Å². The van der Waals surface area contributed by atoms with Crippen LogP contribution in [0.1, 0.15) is 40.5 Å². The Hall–Kier alpha value is -1.26. The average molecular weight is 484 g/mol. The summed E-state index contributed by atoms with van der Waals surface area (Å²) in [4.78, 5) is 29.9. The van der Waals surface area contributed by atoms with E-state index >= 15 is 0 Å². The number of piperidine rings is 1. The molecule has 1 amide bonds. The molecule has 9 heteroatoms. The zero-order valence-corrected chi connectivity index (χ0v) is 18.8. The molecule has 8 nitrogen and oxygen atoms in total. The zero-order valence-electron chi connectivity index (χ0n) is 16.5. The van der Waals surface area contributed by atoms with Crippen LogP contribution in [0, 0.1) is 5.92 Å². The molecule has 1 fully saturated rings. The molecule has 1 rings (SSSR count). The summed E-state index contributed by atoms with van der Waals surface area (Å²) in [5, 5.41) is 5.90. The number of carbonyl (C=O) groups is 2. The number of ether oxygens (including phenoxy) is 2. The normalized spacial score (nSPS) is 17.8. The highest BCUT2D eigenvalue weighted by Crippen LogP contribution is 2.18. The molecule has 0 aliphatic carbocycles. The number of halogens is 1. The van der Waals surface area contributed by atoms with Crippen LogP contribution in [-0.4, -0.2) is 68.4 Å². The molecule has 0 spiro atoms. The van der Waals surface area contributed by atoms with Crippen LogP contribution in [0.5, 0.6) is 0 Å². The summed E-state index contributed by atoms with van der Waals surface area (Å²) >= 11 is 0. The van der Waals surface area contributed by atoms with Gasteiger partial charge in [0.1, 0.15) is 5.60 Å². The summed E-state index contributed by atoms with van der Waals surface area (Å²) in [5.41, 5.74) is -0.510. The van der Waals surface area contributed by atoms with Crippen LogP contribution in [0.4, 0.5) is 4.79 Å². The first-order chi connectivity index (χ1) is 11.8. The van der Waals surface area contributed by atoms with Gasteiger partial charge in [0.2, 0.25) is 0 Å². The van der Waals surface area contributed by atoms with E-state index in [1.165, 1.54) is 0 Å². The van der Waals surface area contributed by atoms with E-state index in [1.54, 1.807) is 7.05 Å². The molecule has 2 N–H and O–H groups in total. The van der Waals surface area contributed by atoms with Gasteiger partial charge in [-0.25, -0.2) is 4.79 Å². The average Bonchev–Trinajstić information content (AvgIpc) is 2.53. The maximum Gasteiger partial charge on any atom is 0.407 e. The Morgan fingerprint density at radius 2 is 1.88 bits per heavy atom. The molecule has 0 saturated carbocycles. The minimum Gasteiger partial charge on any atom is -0.466 e. The maximum atomic E-state index is 11.9. The molecule has 1 unspecified atom stereocenters. The second-order valence-electron chi connectivity index (χ2n) is 6.94. The first kappa shape index (κ1) is 24.7. The fraction of sp³-hybridized carbons (Fsp3) is 0.824. The van der Waals surface area contributed by atoms with E-state index < -0.39 is 11.7 Å². The van der Waals surface area contributed by atoms with Gasteiger partial charge in [0.15, 0.2) is 5.96 Å². The molecular weight excluding hydrogens is 451 g/mol. The Morgan fingerprint density at radius 3 is 2.46 bits per heavy atom. The van der Waals surface area contributed by atoms with E-state index in [4.69, 9.17) is 9.47 Å². The van der Waals surface area contributed by atoms with E-state index in [0.29, 0.717) is 26.2 Å². The van der Waals surface area contributed by atoms with Gasteiger partial charge in [-0.3, -0.25) is 9.79 Å². The monoisotopic (exact) mass is 484 g/mol. The van der Waals surface area contributed by atoms with Crippen molar-refractivity contribution in [3.63, 3.8) is 0 Å². The highest BCUT2D eigenvalue weighted by Gasteiger charge is 2.28. The van der Waals surface area contributed by atoms with Gasteiger partial charge < -0.3 is 25.0 Å². The molecule has 0 aromatic heterocycles. The quantitative estimate of drug-likeness (QED) is 0.204. The van der Waals surface area contributed by atoms with Crippen molar-refractivity contribution in [1.29, 1.82) is 0 Å². The van der Waals surface area contributed by atoms with Gasteiger partial charge in [0.25, 0.3) is 0 Å².